The van der Waals surface area contributed by atoms with E-state index in [2.05, 4.69) is 20.6 Å². The molecule has 1 aromatic carbocycles. The fourth-order valence-corrected chi connectivity index (χ4v) is 1.44. The van der Waals surface area contributed by atoms with Crippen LogP contribution >= 0.6 is 0 Å². The van der Waals surface area contributed by atoms with Crippen molar-refractivity contribution < 1.29 is 4.79 Å². The van der Waals surface area contributed by atoms with Crippen LogP contribution in [0.3, 0.4) is 0 Å². The fraction of sp³-hybridized carbons (Fsp3) is 0.0769. The van der Waals surface area contributed by atoms with Crippen molar-refractivity contribution in [2.75, 3.05) is 10.6 Å². The maximum atomic E-state index is 10.9. The summed E-state index contributed by atoms with van der Waals surface area (Å²) in [5, 5.41) is 14.3. The standard InChI is InChI=1S/C13H11N5O/c1-9(19)17-10-2-4-11(5-3-10)18-13-8-15-12(6-14)7-16-13/h2-5,7-8H,1H3,(H,16,18)(H,17,19). The average molecular weight is 253 g/mol. The maximum absolute atomic E-state index is 10.9. The summed E-state index contributed by atoms with van der Waals surface area (Å²) in [5.74, 6) is 0.435. The van der Waals surface area contributed by atoms with Gasteiger partial charge in [-0.25, -0.2) is 9.97 Å². The van der Waals surface area contributed by atoms with Crippen molar-refractivity contribution in [1.29, 1.82) is 5.26 Å². The smallest absolute Gasteiger partial charge is 0.221 e. The molecular formula is C13H11N5O. The number of aromatic nitrogens is 2. The summed E-state index contributed by atoms with van der Waals surface area (Å²) >= 11 is 0. The highest BCUT2D eigenvalue weighted by Crippen LogP contribution is 2.16. The Balaban J connectivity index is 2.06. The van der Waals surface area contributed by atoms with Crippen molar-refractivity contribution in [1.82, 2.24) is 9.97 Å². The molecule has 0 radical (unpaired) electrons. The minimum atomic E-state index is -0.112. The molecule has 2 N–H and O–H groups in total. The Bertz CT molecular complexity index is 613. The van der Waals surface area contributed by atoms with E-state index in [4.69, 9.17) is 5.26 Å². The van der Waals surface area contributed by atoms with E-state index < -0.39 is 0 Å². The van der Waals surface area contributed by atoms with Gasteiger partial charge in [-0.2, -0.15) is 5.26 Å². The van der Waals surface area contributed by atoms with E-state index >= 15 is 0 Å². The van der Waals surface area contributed by atoms with Gasteiger partial charge in [0.15, 0.2) is 5.69 Å². The largest absolute Gasteiger partial charge is 0.339 e. The van der Waals surface area contributed by atoms with Gasteiger partial charge < -0.3 is 10.6 Å². The van der Waals surface area contributed by atoms with Crippen LogP contribution < -0.4 is 10.6 Å². The number of rotatable bonds is 3. The highest BCUT2D eigenvalue weighted by molar-refractivity contribution is 5.88. The molecule has 0 fully saturated rings. The molecule has 0 aliphatic carbocycles. The molecule has 0 saturated heterocycles. The van der Waals surface area contributed by atoms with E-state index in [1.165, 1.54) is 19.3 Å². The molecule has 0 atom stereocenters. The Morgan fingerprint density at radius 1 is 1.16 bits per heavy atom. The minimum absolute atomic E-state index is 0.112. The van der Waals surface area contributed by atoms with Gasteiger partial charge in [-0.3, -0.25) is 4.79 Å². The molecule has 2 aromatic rings. The van der Waals surface area contributed by atoms with Crippen molar-refractivity contribution in [2.24, 2.45) is 0 Å². The molecular weight excluding hydrogens is 242 g/mol. The Kier molecular flexibility index (Phi) is 3.69. The first-order valence-corrected chi connectivity index (χ1v) is 5.54. The van der Waals surface area contributed by atoms with Gasteiger partial charge in [0.1, 0.15) is 11.9 Å². The van der Waals surface area contributed by atoms with Crippen molar-refractivity contribution in [3.63, 3.8) is 0 Å². The molecule has 19 heavy (non-hydrogen) atoms. The third-order valence-corrected chi connectivity index (χ3v) is 2.24. The van der Waals surface area contributed by atoms with Gasteiger partial charge in [0.05, 0.1) is 12.4 Å². The minimum Gasteiger partial charge on any atom is -0.339 e. The third-order valence-electron chi connectivity index (χ3n) is 2.24. The average Bonchev–Trinajstić information content (AvgIpc) is 2.41. The second-order valence-corrected chi connectivity index (χ2v) is 3.78. The first-order chi connectivity index (χ1) is 9.17. The zero-order valence-electron chi connectivity index (χ0n) is 10.2. The van der Waals surface area contributed by atoms with Gasteiger partial charge in [0.25, 0.3) is 0 Å². The molecule has 0 aliphatic heterocycles. The van der Waals surface area contributed by atoms with Crippen molar-refractivity contribution >= 4 is 23.1 Å². The normalized spacial score (nSPS) is 9.47. The monoisotopic (exact) mass is 253 g/mol. The van der Waals surface area contributed by atoms with Crippen molar-refractivity contribution in [3.05, 3.63) is 42.4 Å². The van der Waals surface area contributed by atoms with Gasteiger partial charge in [-0.05, 0) is 24.3 Å². The number of anilines is 3. The molecule has 0 unspecified atom stereocenters. The lowest BCUT2D eigenvalue weighted by molar-refractivity contribution is -0.114. The van der Waals surface area contributed by atoms with E-state index in [1.807, 2.05) is 18.2 Å². The Morgan fingerprint density at radius 3 is 2.37 bits per heavy atom. The van der Waals surface area contributed by atoms with E-state index in [0.29, 0.717) is 5.82 Å². The van der Waals surface area contributed by atoms with Crippen LogP contribution in [-0.2, 0) is 4.79 Å². The summed E-state index contributed by atoms with van der Waals surface area (Å²) in [6, 6.07) is 9.08. The van der Waals surface area contributed by atoms with Crippen LogP contribution in [0.5, 0.6) is 0 Å². The van der Waals surface area contributed by atoms with Crippen molar-refractivity contribution in [3.8, 4) is 6.07 Å². The molecule has 0 saturated carbocycles. The lowest BCUT2D eigenvalue weighted by Gasteiger charge is -2.06. The Morgan fingerprint density at radius 2 is 1.84 bits per heavy atom. The first-order valence-electron chi connectivity index (χ1n) is 5.54. The number of hydrogen-bond donors (Lipinski definition) is 2. The predicted octanol–water partition coefficient (Wildman–Crippen LogP) is 2.05. The van der Waals surface area contributed by atoms with E-state index in [9.17, 15) is 4.79 Å². The van der Waals surface area contributed by atoms with Gasteiger partial charge >= 0.3 is 0 Å². The maximum Gasteiger partial charge on any atom is 0.221 e. The second kappa shape index (κ2) is 5.60. The number of carbonyl (C=O) groups excluding carboxylic acids is 1. The Hall–Kier alpha value is -2.94. The van der Waals surface area contributed by atoms with E-state index in [1.54, 1.807) is 12.1 Å². The van der Waals surface area contributed by atoms with Gasteiger partial charge in [-0.15, -0.1) is 0 Å². The van der Waals surface area contributed by atoms with E-state index in [0.717, 1.165) is 11.4 Å². The number of hydrogen-bond acceptors (Lipinski definition) is 5. The van der Waals surface area contributed by atoms with Crippen LogP contribution in [0.2, 0.25) is 0 Å². The number of nitriles is 1. The van der Waals surface area contributed by atoms with Gasteiger partial charge in [-0.1, -0.05) is 0 Å². The van der Waals surface area contributed by atoms with Crippen LogP contribution in [-0.4, -0.2) is 15.9 Å². The molecule has 0 spiro atoms. The quantitative estimate of drug-likeness (QED) is 0.873. The van der Waals surface area contributed by atoms with Gasteiger partial charge in [0.2, 0.25) is 5.91 Å². The topological polar surface area (TPSA) is 90.7 Å². The second-order valence-electron chi connectivity index (χ2n) is 3.78. The molecule has 1 heterocycles. The summed E-state index contributed by atoms with van der Waals surface area (Å²) in [6.07, 6.45) is 2.88. The highest BCUT2D eigenvalue weighted by Gasteiger charge is 1.99. The molecule has 94 valence electrons. The molecule has 2 rings (SSSR count). The fourth-order valence-electron chi connectivity index (χ4n) is 1.44. The molecule has 0 bridgehead atoms. The molecule has 1 amide bonds. The number of benzene rings is 1. The third kappa shape index (κ3) is 3.51. The van der Waals surface area contributed by atoms with Crippen LogP contribution in [0, 0.1) is 11.3 Å². The Labute approximate surface area is 110 Å². The summed E-state index contributed by atoms with van der Waals surface area (Å²) < 4.78 is 0. The lowest BCUT2D eigenvalue weighted by atomic mass is 10.3. The van der Waals surface area contributed by atoms with Crippen LogP contribution in [0.1, 0.15) is 12.6 Å². The molecule has 6 nitrogen and oxygen atoms in total. The molecule has 6 heteroatoms. The number of nitrogens with zero attached hydrogens (tertiary/aromatic N) is 3. The van der Waals surface area contributed by atoms with E-state index in [-0.39, 0.29) is 11.6 Å². The summed E-state index contributed by atoms with van der Waals surface area (Å²) in [7, 11) is 0. The summed E-state index contributed by atoms with van der Waals surface area (Å²) in [5.41, 5.74) is 1.81. The first kappa shape index (κ1) is 12.5. The SMILES string of the molecule is CC(=O)Nc1ccc(Nc2cnc(C#N)cn2)cc1. The zero-order chi connectivity index (χ0) is 13.7. The molecule has 1 aromatic heterocycles. The van der Waals surface area contributed by atoms with Crippen LogP contribution in [0.15, 0.2) is 36.7 Å². The lowest BCUT2D eigenvalue weighted by Crippen LogP contribution is -2.05. The van der Waals surface area contributed by atoms with Gasteiger partial charge in [0, 0.05) is 18.3 Å². The number of amides is 1. The van der Waals surface area contributed by atoms with Crippen molar-refractivity contribution in [2.45, 2.75) is 6.92 Å². The van der Waals surface area contributed by atoms with Crippen LogP contribution in [0.4, 0.5) is 17.2 Å². The summed E-state index contributed by atoms with van der Waals surface area (Å²) in [6.45, 7) is 1.46. The zero-order valence-corrected chi connectivity index (χ0v) is 10.2. The van der Waals surface area contributed by atoms with Crippen LogP contribution in [0.25, 0.3) is 0 Å². The predicted molar refractivity (Wildman–Crippen MR) is 70.8 cm³/mol. The molecule has 0 aliphatic rings. The highest BCUT2D eigenvalue weighted by atomic mass is 16.1. The number of nitrogens with one attached hydrogen (secondary N) is 2. The summed E-state index contributed by atoms with van der Waals surface area (Å²) in [4.78, 5) is 18.8. The number of carbonyl (C=O) groups is 1.